The third kappa shape index (κ3) is 3.86. The van der Waals surface area contributed by atoms with Crippen LogP contribution in [0.5, 0.6) is 0 Å². The van der Waals surface area contributed by atoms with Crippen LogP contribution in [-0.2, 0) is 0 Å². The molecular formula is C25H30N6O2. The molecule has 0 N–H and O–H groups in total. The molecule has 3 aliphatic heterocycles. The second kappa shape index (κ2) is 8.09. The number of fused-ring (bicyclic) bond motifs is 1. The fourth-order valence-corrected chi connectivity index (χ4v) is 5.80. The predicted octanol–water partition coefficient (Wildman–Crippen LogP) is 3.61. The van der Waals surface area contributed by atoms with E-state index >= 15 is 0 Å². The number of carbonyl (C=O) groups is 1. The van der Waals surface area contributed by atoms with Crippen molar-refractivity contribution in [1.29, 1.82) is 0 Å². The zero-order chi connectivity index (χ0) is 22.4. The average molecular weight is 447 g/mol. The van der Waals surface area contributed by atoms with E-state index in [1.807, 2.05) is 41.3 Å². The van der Waals surface area contributed by atoms with Gasteiger partial charge in [-0.25, -0.2) is 9.78 Å². The molecule has 3 aliphatic rings. The van der Waals surface area contributed by atoms with E-state index in [0.29, 0.717) is 17.1 Å². The van der Waals surface area contributed by atoms with Crippen molar-refractivity contribution < 1.29 is 9.32 Å². The third-order valence-corrected chi connectivity index (χ3v) is 7.72. The Morgan fingerprint density at radius 1 is 0.970 bits per heavy atom. The molecule has 3 aromatic rings. The van der Waals surface area contributed by atoms with Gasteiger partial charge in [0.25, 0.3) is 0 Å². The number of nitrogens with zero attached hydrogens (tertiary/aromatic N) is 6. The van der Waals surface area contributed by atoms with Gasteiger partial charge in [0.1, 0.15) is 5.69 Å². The van der Waals surface area contributed by atoms with Gasteiger partial charge < -0.3 is 19.2 Å². The van der Waals surface area contributed by atoms with Gasteiger partial charge >= 0.3 is 6.03 Å². The number of amides is 2. The quantitative estimate of drug-likeness (QED) is 0.598. The van der Waals surface area contributed by atoms with E-state index in [-0.39, 0.29) is 11.9 Å². The Morgan fingerprint density at radius 3 is 2.61 bits per heavy atom. The van der Waals surface area contributed by atoms with Crippen LogP contribution >= 0.6 is 0 Å². The molecule has 1 atom stereocenters. The molecule has 0 radical (unpaired) electrons. The fourth-order valence-electron chi connectivity index (χ4n) is 5.80. The summed E-state index contributed by atoms with van der Waals surface area (Å²) < 4.78 is 5.62. The summed E-state index contributed by atoms with van der Waals surface area (Å²) in [6.45, 7) is 5.52. The van der Waals surface area contributed by atoms with Crippen molar-refractivity contribution in [3.8, 4) is 11.5 Å². The van der Waals surface area contributed by atoms with Gasteiger partial charge in [-0.1, -0.05) is 29.4 Å². The average Bonchev–Trinajstić information content (AvgIpc) is 3.59. The van der Waals surface area contributed by atoms with Crippen LogP contribution in [0, 0.1) is 5.41 Å². The first-order valence-corrected chi connectivity index (χ1v) is 12.0. The Labute approximate surface area is 193 Å². The molecule has 3 fully saturated rings. The molecule has 1 unspecified atom stereocenters. The van der Waals surface area contributed by atoms with Crippen LogP contribution < -0.4 is 0 Å². The lowest BCUT2D eigenvalue weighted by atomic mass is 9.86. The lowest BCUT2D eigenvalue weighted by molar-refractivity contribution is 0.139. The molecule has 8 heteroatoms. The Balaban J connectivity index is 1.08. The van der Waals surface area contributed by atoms with Gasteiger partial charge in [-0.3, -0.25) is 0 Å². The summed E-state index contributed by atoms with van der Waals surface area (Å²) in [5, 5.41) is 5.28. The number of carbonyl (C=O) groups excluding carboxylic acids is 1. The fraction of sp³-hybridized carbons (Fsp3) is 0.520. The van der Waals surface area contributed by atoms with Crippen molar-refractivity contribution in [3.63, 3.8) is 0 Å². The van der Waals surface area contributed by atoms with E-state index in [9.17, 15) is 4.79 Å². The molecule has 0 aliphatic carbocycles. The minimum absolute atomic E-state index is 0.184. The molecule has 5 heterocycles. The van der Waals surface area contributed by atoms with Gasteiger partial charge in [-0.2, -0.15) is 4.98 Å². The van der Waals surface area contributed by atoms with Crippen LogP contribution in [0.3, 0.4) is 0 Å². The van der Waals surface area contributed by atoms with Crippen LogP contribution in [0.25, 0.3) is 22.4 Å². The van der Waals surface area contributed by atoms with Crippen LogP contribution in [0.4, 0.5) is 4.79 Å². The zero-order valence-electron chi connectivity index (χ0n) is 19.1. The number of urea groups is 1. The van der Waals surface area contributed by atoms with E-state index < -0.39 is 0 Å². The monoisotopic (exact) mass is 446 g/mol. The predicted molar refractivity (Wildman–Crippen MR) is 125 cm³/mol. The molecule has 0 saturated carbocycles. The molecule has 172 valence electrons. The number of pyridine rings is 1. The highest BCUT2D eigenvalue weighted by atomic mass is 16.5. The Morgan fingerprint density at radius 2 is 1.79 bits per heavy atom. The highest BCUT2D eigenvalue weighted by molar-refractivity contribution is 5.80. The second-order valence-electron chi connectivity index (χ2n) is 10.0. The number of para-hydroxylation sites is 1. The first-order chi connectivity index (χ1) is 16.1. The number of piperidine rings is 1. The summed E-state index contributed by atoms with van der Waals surface area (Å²) in [5.41, 5.74) is 1.96. The maximum Gasteiger partial charge on any atom is 0.320 e. The molecule has 2 amide bonds. The van der Waals surface area contributed by atoms with Crippen LogP contribution in [-0.4, -0.2) is 82.2 Å². The smallest absolute Gasteiger partial charge is 0.320 e. The van der Waals surface area contributed by atoms with Gasteiger partial charge in [0, 0.05) is 49.4 Å². The lowest BCUT2D eigenvalue weighted by Gasteiger charge is -2.34. The lowest BCUT2D eigenvalue weighted by Crippen LogP contribution is -2.46. The first kappa shape index (κ1) is 20.6. The summed E-state index contributed by atoms with van der Waals surface area (Å²) in [6.07, 6.45) is 4.04. The van der Waals surface area contributed by atoms with E-state index in [1.54, 1.807) is 0 Å². The summed E-state index contributed by atoms with van der Waals surface area (Å²) in [6, 6.07) is 12.2. The molecule has 2 aromatic heterocycles. The molecule has 3 saturated heterocycles. The number of likely N-dealkylation sites (tertiary alicyclic amines) is 3. The highest BCUT2D eigenvalue weighted by Crippen LogP contribution is 2.39. The first-order valence-electron chi connectivity index (χ1n) is 12.0. The van der Waals surface area contributed by atoms with Gasteiger partial charge in [-0.05, 0) is 51.4 Å². The molecule has 6 rings (SSSR count). The molecule has 1 aromatic carbocycles. The standard InChI is InChI=1S/C25H30N6O2/c1-29-14-10-25(16-29)11-15-31(17-25)24(32)30-12-8-19(9-13-30)23-27-22(28-33-23)21-7-6-18-4-2-3-5-20(18)26-21/h2-7,19H,8-17H2,1H3. The topological polar surface area (TPSA) is 78.6 Å². The summed E-state index contributed by atoms with van der Waals surface area (Å²) in [5.74, 6) is 1.36. The highest BCUT2D eigenvalue weighted by Gasteiger charge is 2.44. The van der Waals surface area contributed by atoms with Crippen LogP contribution in [0.2, 0.25) is 0 Å². The molecule has 8 nitrogen and oxygen atoms in total. The van der Waals surface area contributed by atoms with Crippen molar-refractivity contribution in [3.05, 3.63) is 42.3 Å². The Kier molecular flexibility index (Phi) is 5.05. The van der Waals surface area contributed by atoms with Crippen molar-refractivity contribution in [2.75, 3.05) is 46.3 Å². The van der Waals surface area contributed by atoms with Crippen molar-refractivity contribution in [2.24, 2.45) is 5.41 Å². The van der Waals surface area contributed by atoms with Gasteiger partial charge in [0.05, 0.1) is 5.52 Å². The molecule has 0 bridgehead atoms. The summed E-state index contributed by atoms with van der Waals surface area (Å²) >= 11 is 0. The molecular weight excluding hydrogens is 416 g/mol. The number of hydrogen-bond acceptors (Lipinski definition) is 6. The second-order valence-corrected chi connectivity index (χ2v) is 10.0. The number of benzene rings is 1. The maximum absolute atomic E-state index is 13.1. The largest absolute Gasteiger partial charge is 0.339 e. The van der Waals surface area contributed by atoms with Gasteiger partial charge in [0.2, 0.25) is 11.7 Å². The number of aromatic nitrogens is 3. The number of hydrogen-bond donors (Lipinski definition) is 0. The minimum atomic E-state index is 0.184. The van der Waals surface area contributed by atoms with E-state index in [2.05, 4.69) is 32.0 Å². The van der Waals surface area contributed by atoms with E-state index in [0.717, 1.165) is 75.1 Å². The van der Waals surface area contributed by atoms with Crippen molar-refractivity contribution in [2.45, 2.75) is 31.6 Å². The molecule has 1 spiro atoms. The zero-order valence-corrected chi connectivity index (χ0v) is 19.1. The Hall–Kier alpha value is -3.00. The van der Waals surface area contributed by atoms with Gasteiger partial charge in [0.15, 0.2) is 0 Å². The van der Waals surface area contributed by atoms with Crippen molar-refractivity contribution >= 4 is 16.9 Å². The summed E-state index contributed by atoms with van der Waals surface area (Å²) in [7, 11) is 2.18. The SMILES string of the molecule is CN1CCC2(CCN(C(=O)N3CCC(c4nc(-c5ccc6ccccc6n5)no4)CC3)C2)C1. The molecule has 33 heavy (non-hydrogen) atoms. The normalized spacial score (nSPS) is 24.4. The van der Waals surface area contributed by atoms with Crippen LogP contribution in [0.1, 0.15) is 37.5 Å². The summed E-state index contributed by atoms with van der Waals surface area (Å²) in [4.78, 5) is 29.0. The van der Waals surface area contributed by atoms with E-state index in [4.69, 9.17) is 4.52 Å². The maximum atomic E-state index is 13.1. The Bertz CT molecular complexity index is 1170. The number of rotatable bonds is 2. The van der Waals surface area contributed by atoms with E-state index in [1.165, 1.54) is 6.42 Å². The minimum Gasteiger partial charge on any atom is -0.339 e. The van der Waals surface area contributed by atoms with Gasteiger partial charge in [-0.15, -0.1) is 0 Å². The van der Waals surface area contributed by atoms with Crippen molar-refractivity contribution in [1.82, 2.24) is 29.8 Å². The third-order valence-electron chi connectivity index (χ3n) is 7.72. The van der Waals surface area contributed by atoms with Crippen LogP contribution in [0.15, 0.2) is 40.9 Å².